The number of terminal acetylenes is 1. The van der Waals surface area contributed by atoms with Crippen LogP contribution in [0.4, 0.5) is 0 Å². The summed E-state index contributed by atoms with van der Waals surface area (Å²) in [5.41, 5.74) is 0.906. The maximum Gasteiger partial charge on any atom is 0.289 e. The first-order chi connectivity index (χ1) is 10.6. The summed E-state index contributed by atoms with van der Waals surface area (Å²) in [6, 6.07) is 8.83. The molecule has 0 saturated carbocycles. The minimum atomic E-state index is -0.333. The van der Waals surface area contributed by atoms with Gasteiger partial charge in [0.05, 0.1) is 26.0 Å². The molecule has 0 spiro atoms. The molecule has 0 aliphatic carbocycles. The monoisotopic (exact) mass is 366 g/mol. The van der Waals surface area contributed by atoms with E-state index in [1.165, 1.54) is 22.7 Å². The molecule has 0 N–H and O–H groups in total. The van der Waals surface area contributed by atoms with Gasteiger partial charge in [-0.2, -0.15) is 4.99 Å². The summed E-state index contributed by atoms with van der Waals surface area (Å²) in [5, 5.41) is 0.629. The van der Waals surface area contributed by atoms with Gasteiger partial charge in [-0.1, -0.05) is 40.5 Å². The Labute approximate surface area is 144 Å². The number of rotatable bonds is 2. The van der Waals surface area contributed by atoms with E-state index in [-0.39, 0.29) is 5.91 Å². The van der Waals surface area contributed by atoms with Crippen LogP contribution in [0.25, 0.3) is 10.2 Å². The van der Waals surface area contributed by atoms with E-state index >= 15 is 0 Å². The molecule has 0 unspecified atom stereocenters. The van der Waals surface area contributed by atoms with Crippen LogP contribution in [0.1, 0.15) is 9.67 Å². The van der Waals surface area contributed by atoms with Gasteiger partial charge in [-0.3, -0.25) is 4.79 Å². The maximum atomic E-state index is 12.2. The molecule has 0 aliphatic heterocycles. The second-order valence-electron chi connectivity index (χ2n) is 4.31. The number of halogens is 2. The molecule has 0 bridgehead atoms. The van der Waals surface area contributed by atoms with Crippen molar-refractivity contribution in [3.05, 3.63) is 49.4 Å². The number of fused-ring (bicyclic) bond motifs is 1. The van der Waals surface area contributed by atoms with Gasteiger partial charge in [-0.05, 0) is 30.3 Å². The standard InChI is InChI=1S/C15H8Cl2N2OS2/c1-2-7-19-10-4-3-9(16)8-12(10)22-15(19)18-14(20)11-5-6-13(17)21-11/h1,3-6,8H,7H2. The molecule has 7 heteroatoms. The Morgan fingerprint density at radius 1 is 1.27 bits per heavy atom. The van der Waals surface area contributed by atoms with Gasteiger partial charge in [-0.25, -0.2) is 0 Å². The van der Waals surface area contributed by atoms with Gasteiger partial charge < -0.3 is 4.57 Å². The quantitative estimate of drug-likeness (QED) is 0.617. The van der Waals surface area contributed by atoms with Crippen molar-refractivity contribution in [3.8, 4) is 12.3 Å². The van der Waals surface area contributed by atoms with Crippen LogP contribution in [-0.2, 0) is 6.54 Å². The van der Waals surface area contributed by atoms with E-state index in [1.54, 1.807) is 18.2 Å². The van der Waals surface area contributed by atoms with E-state index in [9.17, 15) is 4.79 Å². The van der Waals surface area contributed by atoms with Crippen molar-refractivity contribution in [2.75, 3.05) is 0 Å². The van der Waals surface area contributed by atoms with Gasteiger partial charge in [0.15, 0.2) is 4.80 Å². The molecule has 0 atom stereocenters. The predicted octanol–water partition coefficient (Wildman–Crippen LogP) is 4.45. The molecule has 0 saturated heterocycles. The zero-order chi connectivity index (χ0) is 15.7. The highest BCUT2D eigenvalue weighted by atomic mass is 35.5. The molecule has 0 fully saturated rings. The van der Waals surface area contributed by atoms with E-state index in [0.29, 0.717) is 25.6 Å². The third kappa shape index (κ3) is 2.96. The van der Waals surface area contributed by atoms with Crippen molar-refractivity contribution >= 4 is 62.0 Å². The second kappa shape index (κ2) is 6.27. The average Bonchev–Trinajstić information content (AvgIpc) is 3.04. The van der Waals surface area contributed by atoms with Gasteiger partial charge in [0.1, 0.15) is 0 Å². The van der Waals surface area contributed by atoms with Crippen molar-refractivity contribution in [1.82, 2.24) is 4.57 Å². The van der Waals surface area contributed by atoms with Crippen LogP contribution in [0.3, 0.4) is 0 Å². The number of amides is 1. The summed E-state index contributed by atoms with van der Waals surface area (Å²) >= 11 is 14.4. The number of hydrogen-bond donors (Lipinski definition) is 0. The zero-order valence-electron chi connectivity index (χ0n) is 11.0. The van der Waals surface area contributed by atoms with E-state index in [4.69, 9.17) is 29.6 Å². The Balaban J connectivity index is 2.17. The lowest BCUT2D eigenvalue weighted by Gasteiger charge is -1.99. The molecule has 0 aliphatic rings. The van der Waals surface area contributed by atoms with Gasteiger partial charge in [-0.15, -0.1) is 17.8 Å². The third-order valence-corrected chi connectivity index (χ3v) is 5.37. The fraction of sp³-hybridized carbons (Fsp3) is 0.0667. The fourth-order valence-corrected chi connectivity index (χ4v) is 4.18. The van der Waals surface area contributed by atoms with Gasteiger partial charge >= 0.3 is 0 Å². The van der Waals surface area contributed by atoms with Gasteiger partial charge in [0.2, 0.25) is 0 Å². The van der Waals surface area contributed by atoms with E-state index in [2.05, 4.69) is 10.9 Å². The molecule has 1 amide bonds. The maximum absolute atomic E-state index is 12.2. The summed E-state index contributed by atoms with van der Waals surface area (Å²) in [6.07, 6.45) is 5.42. The van der Waals surface area contributed by atoms with Crippen molar-refractivity contribution in [1.29, 1.82) is 0 Å². The van der Waals surface area contributed by atoms with Crippen LogP contribution in [0, 0.1) is 12.3 Å². The van der Waals surface area contributed by atoms with Crippen LogP contribution in [-0.4, -0.2) is 10.5 Å². The highest BCUT2D eigenvalue weighted by Gasteiger charge is 2.10. The van der Waals surface area contributed by atoms with Crippen LogP contribution in [0.2, 0.25) is 9.36 Å². The van der Waals surface area contributed by atoms with Crippen LogP contribution in [0.5, 0.6) is 0 Å². The largest absolute Gasteiger partial charge is 0.305 e. The van der Waals surface area contributed by atoms with Crippen LogP contribution in [0.15, 0.2) is 35.3 Å². The van der Waals surface area contributed by atoms with Gasteiger partial charge in [0, 0.05) is 5.02 Å². The molecule has 110 valence electrons. The Morgan fingerprint density at radius 2 is 2.09 bits per heavy atom. The summed E-state index contributed by atoms with van der Waals surface area (Å²) < 4.78 is 3.31. The summed E-state index contributed by atoms with van der Waals surface area (Å²) in [5.74, 6) is 2.25. The number of benzene rings is 1. The van der Waals surface area contributed by atoms with E-state index in [0.717, 1.165) is 10.2 Å². The Hall–Kier alpha value is -1.58. The first-order valence-electron chi connectivity index (χ1n) is 6.15. The van der Waals surface area contributed by atoms with Crippen molar-refractivity contribution < 1.29 is 4.79 Å². The predicted molar refractivity (Wildman–Crippen MR) is 92.9 cm³/mol. The van der Waals surface area contributed by atoms with Gasteiger partial charge in [0.25, 0.3) is 5.91 Å². The highest BCUT2D eigenvalue weighted by Crippen LogP contribution is 2.23. The molecular weight excluding hydrogens is 359 g/mol. The molecule has 1 aromatic carbocycles. The minimum Gasteiger partial charge on any atom is -0.305 e. The van der Waals surface area contributed by atoms with Crippen molar-refractivity contribution in [2.45, 2.75) is 6.54 Å². The number of nitrogens with zero attached hydrogens (tertiary/aromatic N) is 2. The van der Waals surface area contributed by atoms with Crippen LogP contribution < -0.4 is 4.80 Å². The molecule has 22 heavy (non-hydrogen) atoms. The normalized spacial score (nSPS) is 11.8. The lowest BCUT2D eigenvalue weighted by Crippen LogP contribution is -2.16. The minimum absolute atomic E-state index is 0.332. The number of aromatic nitrogens is 1. The Kier molecular flexibility index (Phi) is 4.37. The lowest BCUT2D eigenvalue weighted by molar-refractivity contribution is 0.100. The third-order valence-electron chi connectivity index (χ3n) is 2.88. The Morgan fingerprint density at radius 3 is 2.77 bits per heavy atom. The molecule has 0 radical (unpaired) electrons. The SMILES string of the molecule is C#CCn1c(=NC(=O)c2ccc(Cl)s2)sc2cc(Cl)ccc21. The Bertz CT molecular complexity index is 975. The number of carbonyl (C=O) groups excluding carboxylic acids is 1. The van der Waals surface area contributed by atoms with E-state index in [1.807, 2.05) is 16.7 Å². The molecule has 3 aromatic rings. The molecular formula is C15H8Cl2N2OS2. The first kappa shape index (κ1) is 15.3. The topological polar surface area (TPSA) is 34.4 Å². The summed E-state index contributed by atoms with van der Waals surface area (Å²) in [6.45, 7) is 0.332. The lowest BCUT2D eigenvalue weighted by atomic mass is 10.3. The number of hydrogen-bond acceptors (Lipinski definition) is 3. The molecule has 2 aromatic heterocycles. The average molecular weight is 367 g/mol. The summed E-state index contributed by atoms with van der Waals surface area (Å²) in [7, 11) is 0. The summed E-state index contributed by atoms with van der Waals surface area (Å²) in [4.78, 5) is 17.5. The molecule has 3 nitrogen and oxygen atoms in total. The number of carbonyl (C=O) groups is 1. The highest BCUT2D eigenvalue weighted by molar-refractivity contribution is 7.18. The molecule has 3 rings (SSSR count). The zero-order valence-corrected chi connectivity index (χ0v) is 14.2. The van der Waals surface area contributed by atoms with E-state index < -0.39 is 0 Å². The number of thiazole rings is 1. The van der Waals surface area contributed by atoms with Crippen LogP contribution >= 0.6 is 45.9 Å². The second-order valence-corrected chi connectivity index (χ2v) is 7.47. The van der Waals surface area contributed by atoms with Crippen molar-refractivity contribution in [3.63, 3.8) is 0 Å². The first-order valence-corrected chi connectivity index (χ1v) is 8.54. The fourth-order valence-electron chi connectivity index (χ4n) is 1.95. The number of thiophene rings is 1. The van der Waals surface area contributed by atoms with Crippen molar-refractivity contribution in [2.24, 2.45) is 4.99 Å². The molecule has 2 heterocycles. The smallest absolute Gasteiger partial charge is 0.289 e.